The van der Waals surface area contributed by atoms with Crippen molar-refractivity contribution in [1.29, 1.82) is 0 Å². The number of hydrogen-bond acceptors (Lipinski definition) is 4. The molecule has 0 aromatic carbocycles. The van der Waals surface area contributed by atoms with Crippen LogP contribution in [0.4, 0.5) is 5.82 Å². The van der Waals surface area contributed by atoms with Gasteiger partial charge in [0.05, 0.1) is 19.3 Å². The van der Waals surface area contributed by atoms with Gasteiger partial charge in [0.25, 0.3) is 0 Å². The minimum absolute atomic E-state index is 0.200. The van der Waals surface area contributed by atoms with Gasteiger partial charge in [-0.25, -0.2) is 9.78 Å². The van der Waals surface area contributed by atoms with E-state index in [9.17, 15) is 9.90 Å². The number of ether oxygens (including phenoxy) is 1. The van der Waals surface area contributed by atoms with Crippen LogP contribution >= 0.6 is 0 Å². The van der Waals surface area contributed by atoms with Crippen LogP contribution < -0.4 is 4.90 Å². The number of rotatable bonds is 3. The van der Waals surface area contributed by atoms with E-state index in [4.69, 9.17) is 4.74 Å². The molecule has 0 saturated carbocycles. The third-order valence-electron chi connectivity index (χ3n) is 3.22. The number of nitrogens with zero attached hydrogens (tertiary/aromatic N) is 2. The Morgan fingerprint density at radius 3 is 3.06 bits per heavy atom. The first-order chi connectivity index (χ1) is 8.63. The summed E-state index contributed by atoms with van der Waals surface area (Å²) in [6, 6.07) is 3.56. The lowest BCUT2D eigenvalue weighted by Crippen LogP contribution is -2.46. The van der Waals surface area contributed by atoms with Gasteiger partial charge in [-0.2, -0.15) is 0 Å². The van der Waals surface area contributed by atoms with Crippen LogP contribution in [0.1, 0.15) is 29.4 Å². The molecule has 0 amide bonds. The molecule has 1 fully saturated rings. The lowest BCUT2D eigenvalue weighted by atomic mass is 10.1. The molecule has 0 aliphatic carbocycles. The molecule has 1 aliphatic heterocycles. The van der Waals surface area contributed by atoms with E-state index in [1.54, 1.807) is 12.1 Å². The third-order valence-corrected chi connectivity index (χ3v) is 3.22. The Bertz CT molecular complexity index is 448. The van der Waals surface area contributed by atoms with Crippen molar-refractivity contribution < 1.29 is 14.6 Å². The highest BCUT2D eigenvalue weighted by Crippen LogP contribution is 2.24. The van der Waals surface area contributed by atoms with Crippen molar-refractivity contribution in [3.8, 4) is 0 Å². The van der Waals surface area contributed by atoms with Gasteiger partial charge in [-0.1, -0.05) is 6.92 Å². The zero-order valence-electron chi connectivity index (χ0n) is 10.7. The summed E-state index contributed by atoms with van der Waals surface area (Å²) in [5, 5.41) is 9.25. The first-order valence-corrected chi connectivity index (χ1v) is 6.18. The van der Waals surface area contributed by atoms with Crippen LogP contribution in [0, 0.1) is 6.92 Å². The minimum Gasteiger partial charge on any atom is -0.478 e. The molecule has 1 aliphatic rings. The maximum atomic E-state index is 11.3. The molecular weight excluding hydrogens is 232 g/mol. The summed E-state index contributed by atoms with van der Waals surface area (Å²) in [6.07, 6.45) is 0.911. The molecule has 2 rings (SSSR count). The lowest BCUT2D eigenvalue weighted by Gasteiger charge is -2.36. The molecule has 98 valence electrons. The summed E-state index contributed by atoms with van der Waals surface area (Å²) < 4.78 is 5.44. The number of carbonyl (C=O) groups is 1. The Labute approximate surface area is 106 Å². The van der Waals surface area contributed by atoms with E-state index < -0.39 is 5.97 Å². The highest BCUT2D eigenvalue weighted by molar-refractivity contribution is 5.93. The van der Waals surface area contributed by atoms with Crippen LogP contribution in [0.5, 0.6) is 0 Å². The number of carboxylic acid groups (broad SMARTS) is 1. The number of morpholine rings is 1. The van der Waals surface area contributed by atoms with Crippen molar-refractivity contribution in [2.24, 2.45) is 0 Å². The van der Waals surface area contributed by atoms with E-state index >= 15 is 0 Å². The van der Waals surface area contributed by atoms with Gasteiger partial charge in [-0.3, -0.25) is 0 Å². The standard InChI is InChI=1S/C13H18N2O3/c1-3-10-8-18-7-6-15(10)12-11(13(16)17)5-4-9(2)14-12/h4-5,10H,3,6-8H2,1-2H3,(H,16,17). The summed E-state index contributed by atoms with van der Waals surface area (Å²) in [7, 11) is 0. The summed E-state index contributed by atoms with van der Waals surface area (Å²) in [5.41, 5.74) is 1.09. The summed E-state index contributed by atoms with van der Waals surface area (Å²) >= 11 is 0. The van der Waals surface area contributed by atoms with E-state index in [2.05, 4.69) is 16.8 Å². The average Bonchev–Trinajstić information content (AvgIpc) is 2.38. The number of aromatic nitrogens is 1. The van der Waals surface area contributed by atoms with Crippen LogP contribution in [0.15, 0.2) is 12.1 Å². The maximum absolute atomic E-state index is 11.3. The normalized spacial score (nSPS) is 19.9. The van der Waals surface area contributed by atoms with Crippen molar-refractivity contribution in [1.82, 2.24) is 4.98 Å². The number of anilines is 1. The second-order valence-corrected chi connectivity index (χ2v) is 4.46. The van der Waals surface area contributed by atoms with E-state index in [1.165, 1.54) is 0 Å². The van der Waals surface area contributed by atoms with Gasteiger partial charge in [0, 0.05) is 12.2 Å². The van der Waals surface area contributed by atoms with Gasteiger partial charge in [-0.05, 0) is 25.5 Å². The van der Waals surface area contributed by atoms with E-state index in [0.717, 1.165) is 12.1 Å². The maximum Gasteiger partial charge on any atom is 0.339 e. The number of aryl methyl sites for hydroxylation is 1. The smallest absolute Gasteiger partial charge is 0.339 e. The van der Waals surface area contributed by atoms with Crippen LogP contribution in [0.2, 0.25) is 0 Å². The predicted octanol–water partition coefficient (Wildman–Crippen LogP) is 1.70. The quantitative estimate of drug-likeness (QED) is 0.884. The van der Waals surface area contributed by atoms with Gasteiger partial charge in [0.2, 0.25) is 0 Å². The molecule has 1 aromatic rings. The summed E-state index contributed by atoms with van der Waals surface area (Å²) in [5.74, 6) is -0.364. The molecule has 1 N–H and O–H groups in total. The van der Waals surface area contributed by atoms with Crippen molar-refractivity contribution >= 4 is 11.8 Å². The molecule has 18 heavy (non-hydrogen) atoms. The molecule has 1 unspecified atom stereocenters. The number of pyridine rings is 1. The molecule has 1 atom stereocenters. The molecule has 2 heterocycles. The van der Waals surface area contributed by atoms with Crippen LogP contribution in [0.25, 0.3) is 0 Å². The van der Waals surface area contributed by atoms with Crippen molar-refractivity contribution in [3.63, 3.8) is 0 Å². The van der Waals surface area contributed by atoms with Gasteiger partial charge in [-0.15, -0.1) is 0 Å². The Morgan fingerprint density at radius 1 is 1.61 bits per heavy atom. The average molecular weight is 250 g/mol. The van der Waals surface area contributed by atoms with Crippen LogP contribution in [0.3, 0.4) is 0 Å². The SMILES string of the molecule is CCC1COCCN1c1nc(C)ccc1C(=O)O. The number of aromatic carboxylic acids is 1. The molecule has 1 saturated heterocycles. The first-order valence-electron chi connectivity index (χ1n) is 6.18. The first kappa shape index (κ1) is 12.8. The summed E-state index contributed by atoms with van der Waals surface area (Å²) in [6.45, 7) is 5.88. The van der Waals surface area contributed by atoms with Crippen molar-refractivity contribution in [2.45, 2.75) is 26.3 Å². The predicted molar refractivity (Wildman–Crippen MR) is 68.2 cm³/mol. The van der Waals surface area contributed by atoms with Gasteiger partial charge in [0.15, 0.2) is 0 Å². The monoisotopic (exact) mass is 250 g/mol. The summed E-state index contributed by atoms with van der Waals surface area (Å²) in [4.78, 5) is 17.7. The minimum atomic E-state index is -0.932. The largest absolute Gasteiger partial charge is 0.478 e. The van der Waals surface area contributed by atoms with E-state index in [0.29, 0.717) is 25.6 Å². The fourth-order valence-corrected chi connectivity index (χ4v) is 2.20. The molecule has 1 aromatic heterocycles. The van der Waals surface area contributed by atoms with Gasteiger partial charge < -0.3 is 14.7 Å². The Morgan fingerprint density at radius 2 is 2.39 bits per heavy atom. The second kappa shape index (κ2) is 5.35. The highest BCUT2D eigenvalue weighted by Gasteiger charge is 2.26. The second-order valence-electron chi connectivity index (χ2n) is 4.46. The Hall–Kier alpha value is -1.62. The molecule has 0 radical (unpaired) electrons. The third kappa shape index (κ3) is 2.46. The van der Waals surface area contributed by atoms with Crippen molar-refractivity contribution in [3.05, 3.63) is 23.4 Å². The van der Waals surface area contributed by atoms with Crippen molar-refractivity contribution in [2.75, 3.05) is 24.7 Å². The van der Waals surface area contributed by atoms with Crippen LogP contribution in [-0.2, 0) is 4.74 Å². The molecule has 5 nitrogen and oxygen atoms in total. The van der Waals surface area contributed by atoms with Gasteiger partial charge >= 0.3 is 5.97 Å². The zero-order chi connectivity index (χ0) is 13.1. The zero-order valence-corrected chi connectivity index (χ0v) is 10.7. The number of carboxylic acids is 1. The van der Waals surface area contributed by atoms with Crippen LogP contribution in [-0.4, -0.2) is 41.9 Å². The molecule has 0 spiro atoms. The molecule has 5 heteroatoms. The van der Waals surface area contributed by atoms with E-state index in [1.807, 2.05) is 6.92 Å². The van der Waals surface area contributed by atoms with Gasteiger partial charge in [0.1, 0.15) is 11.4 Å². The number of hydrogen-bond donors (Lipinski definition) is 1. The molecule has 0 bridgehead atoms. The Balaban J connectivity index is 2.41. The topological polar surface area (TPSA) is 62.7 Å². The lowest BCUT2D eigenvalue weighted by molar-refractivity contribution is 0.0693. The van der Waals surface area contributed by atoms with E-state index in [-0.39, 0.29) is 11.6 Å². The fraction of sp³-hybridized carbons (Fsp3) is 0.538. The highest BCUT2D eigenvalue weighted by atomic mass is 16.5. The fourth-order valence-electron chi connectivity index (χ4n) is 2.20. The Kier molecular flexibility index (Phi) is 3.81. The molecular formula is C13H18N2O3.